The van der Waals surface area contributed by atoms with E-state index >= 15 is 0 Å². The number of allylic oxidation sites excluding steroid dienone is 2. The number of hydroxylamine groups is 2. The van der Waals surface area contributed by atoms with Gasteiger partial charge in [-0.15, -0.1) is 18.2 Å². The van der Waals surface area contributed by atoms with Crippen LogP contribution in [0.4, 0.5) is 9.59 Å². The molecule has 328 valence electrons. The second-order valence-corrected chi connectivity index (χ2v) is 12.0. The maximum Gasteiger partial charge on any atom is 0.333 e. The predicted molar refractivity (Wildman–Crippen MR) is 211 cm³/mol. The highest BCUT2D eigenvalue weighted by Crippen LogP contribution is 2.17. The Labute approximate surface area is 361 Å². The van der Waals surface area contributed by atoms with E-state index in [4.69, 9.17) is 39.1 Å². The first kappa shape index (κ1) is 31.3. The first-order valence-corrected chi connectivity index (χ1v) is 17.4. The molecule has 1 heterocycles. The predicted octanol–water partition coefficient (Wildman–Crippen LogP) is 1.84. The van der Waals surface area contributed by atoms with Gasteiger partial charge in [0.05, 0.1) is 33.0 Å². The second-order valence-electron chi connectivity index (χ2n) is 12.0. The lowest BCUT2D eigenvalue weighted by Crippen LogP contribution is -2.45. The second kappa shape index (κ2) is 30.5. The normalized spacial score (nSPS) is 20.3. The first-order chi connectivity index (χ1) is 33.4. The van der Waals surface area contributed by atoms with Crippen LogP contribution in [-0.2, 0) is 43.2 Å². The molecule has 1 saturated heterocycles. The summed E-state index contributed by atoms with van der Waals surface area (Å²) >= 11 is 0. The van der Waals surface area contributed by atoms with Crippen molar-refractivity contribution in [1.29, 1.82) is 0 Å². The van der Waals surface area contributed by atoms with Gasteiger partial charge in [-0.3, -0.25) is 33.6 Å². The number of carbonyl (C=O) groups excluding carboxylic acids is 8. The number of urea groups is 2. The fourth-order valence-electron chi connectivity index (χ4n) is 4.28. The number of hydrogen-bond donors (Lipinski definition) is 8. The monoisotopic (exact) mass is 842 g/mol. The molecular weight excluding hydrogens is 762 g/mol. The van der Waals surface area contributed by atoms with Crippen molar-refractivity contribution in [3.05, 3.63) is 25.3 Å². The van der Waals surface area contributed by atoms with E-state index in [1.807, 2.05) is 0 Å². The minimum absolute atomic E-state index is 0.00880. The van der Waals surface area contributed by atoms with E-state index in [-0.39, 0.29) is 70.9 Å². The number of primary amides is 2. The highest BCUT2D eigenvalue weighted by atomic mass is 16.7. The van der Waals surface area contributed by atoms with Crippen LogP contribution < -0.4 is 33.2 Å². The van der Waals surface area contributed by atoms with Gasteiger partial charge < -0.3 is 48.2 Å². The number of rotatable bonds is 26. The third-order valence-corrected chi connectivity index (χ3v) is 7.31. The number of nitrogens with two attached hydrogens (primary N) is 3. The van der Waals surface area contributed by atoms with Crippen LogP contribution in [0.3, 0.4) is 0 Å². The van der Waals surface area contributed by atoms with Crippen LogP contribution >= 0.6 is 0 Å². The number of imide groups is 1. The number of aliphatic carboxylic acids is 2. The van der Waals surface area contributed by atoms with Crippen LogP contribution in [0.1, 0.15) is 126 Å². The average Bonchev–Trinajstić information content (AvgIpc) is 3.56. The molecule has 7 amide bonds. The van der Waals surface area contributed by atoms with Gasteiger partial charge in [0.1, 0.15) is 0 Å². The summed E-state index contributed by atoms with van der Waals surface area (Å²) < 4.78 is 122. The molecule has 58 heavy (non-hydrogen) atoms. The molecule has 1 rings (SSSR count). The molecule has 0 spiro atoms. The topological polar surface area (TPSA) is 338 Å². The average molecular weight is 842 g/mol. The zero-order valence-corrected chi connectivity index (χ0v) is 31.7. The number of carboxylic acids is 2. The number of carboxylic acid groups (broad SMARTS) is 2. The molecule has 0 aromatic heterocycles. The van der Waals surface area contributed by atoms with Gasteiger partial charge in [-0.1, -0.05) is 39.6 Å². The Morgan fingerprint density at radius 3 is 1.66 bits per heavy atom. The third kappa shape index (κ3) is 25.5. The molecule has 0 aromatic carbocycles. The highest BCUT2D eigenvalue weighted by Gasteiger charge is 2.33. The summed E-state index contributed by atoms with van der Waals surface area (Å²) in [5, 5.41) is 25.3. The molecule has 1 aliphatic heterocycles. The Bertz CT molecular complexity index is 2010. The Hall–Kier alpha value is -5.66. The maximum atomic E-state index is 13.1. The number of hydrogen-bond acceptors (Lipinski definition) is 12. The van der Waals surface area contributed by atoms with Gasteiger partial charge in [-0.05, 0) is 50.3 Å². The van der Waals surface area contributed by atoms with Crippen molar-refractivity contribution in [3.63, 3.8) is 0 Å². The number of carbonyl (C=O) groups is 10. The van der Waals surface area contributed by atoms with E-state index in [1.54, 1.807) is 11.4 Å². The zero-order chi connectivity index (χ0) is 58.6. The fraction of sp³-hybridized carbons (Fsp3) is 0.632. The van der Waals surface area contributed by atoms with Crippen LogP contribution in [-0.4, -0.2) is 99.7 Å². The fourth-order valence-corrected chi connectivity index (χ4v) is 4.28. The molecule has 1 aliphatic rings. The van der Waals surface area contributed by atoms with Crippen molar-refractivity contribution in [2.75, 3.05) is 13.1 Å². The van der Waals surface area contributed by atoms with Crippen molar-refractivity contribution < 1.29 is 84.9 Å². The van der Waals surface area contributed by atoms with E-state index in [2.05, 4.69) is 28.6 Å². The quantitative estimate of drug-likeness (QED) is 0.0350. The Morgan fingerprint density at radius 2 is 1.24 bits per heavy atom. The molecule has 20 nitrogen and oxygen atoms in total. The Balaban J connectivity index is 0. The van der Waals surface area contributed by atoms with Crippen molar-refractivity contribution in [1.82, 2.24) is 21.0 Å². The largest absolute Gasteiger partial charge is 0.481 e. The van der Waals surface area contributed by atoms with Crippen molar-refractivity contribution in [2.45, 2.75) is 116 Å². The summed E-state index contributed by atoms with van der Waals surface area (Å²) in [6, 6.07) is -8.64. The van der Waals surface area contributed by atoms with Gasteiger partial charge in [0.15, 0.2) is 11.6 Å². The lowest BCUT2D eigenvalue weighted by molar-refractivity contribution is -0.197. The standard InChI is InChI=1S/C17H29N3O5.C12H23N3O4.C9H11NO4/c1-4-5-8-14(22)20-15(11(2)3)13(21)10-12(16(23)24)7-6-9-19-17(18)25;1-7(2)10(13)9(16)6-8(11(17)18)4-3-5-15-12(14)19;1-2-3-4-9(13)14-10-7(11)5-6-8(10)12/h4,11-12,15H,1,5-10H2,2-3H3,(H,20,22)(H,23,24)(H3,18,19,25);7-8,10H,3-6,13H2,1-2H3,(H,17,18)(H3,14,15,19);2H,1,3-6H2/t12-,15-;8-,10-;/m11./s1/i2D3,3D3,11D,15D;1D3,2D3,7D,10D;. The molecule has 20 heteroatoms. The number of Topliss-reactive ketones (excluding diaryl/α,β-unsaturated/α-hetero) is 2. The summed E-state index contributed by atoms with van der Waals surface area (Å²) in [6.07, 6.45) is 1.13. The maximum absolute atomic E-state index is 13.1. The third-order valence-electron chi connectivity index (χ3n) is 7.31. The number of ketones is 2. The smallest absolute Gasteiger partial charge is 0.333 e. The minimum Gasteiger partial charge on any atom is -0.481 e. The van der Waals surface area contributed by atoms with E-state index < -0.39 is 135 Å². The van der Waals surface area contributed by atoms with Gasteiger partial charge in [0, 0.05) is 64.4 Å². The van der Waals surface area contributed by atoms with Crippen molar-refractivity contribution in [3.8, 4) is 0 Å². The van der Waals surface area contributed by atoms with E-state index in [9.17, 15) is 58.2 Å². The summed E-state index contributed by atoms with van der Waals surface area (Å²) in [7, 11) is 0. The zero-order valence-electron chi connectivity index (χ0n) is 47.7. The van der Waals surface area contributed by atoms with Crippen LogP contribution in [0.5, 0.6) is 0 Å². The molecule has 0 aromatic rings. The van der Waals surface area contributed by atoms with Crippen molar-refractivity contribution in [2.24, 2.45) is 40.8 Å². The van der Waals surface area contributed by atoms with Gasteiger partial charge in [0.25, 0.3) is 11.8 Å². The van der Waals surface area contributed by atoms with Crippen LogP contribution in [0.2, 0.25) is 0 Å². The molecule has 1 fully saturated rings. The Morgan fingerprint density at radius 1 is 0.793 bits per heavy atom. The SMILES string of the molecule is C=CCCC(=O)ON1C(=O)CCC1=O.[2H]C([2H])([2H])C([2H])(C([2H])([2H])[2H])[C@@]([2H])(N)C(=O)C[C@@H](CCCNC(N)=O)C(=O)O.[2H]C([2H])([2H])C([2H])(C([2H])([2H])[2H])[C@@]([2H])(NC(=O)CCC=C)C(=O)C[C@@H](CCCNC(N)=O)C(=O)O. The lowest BCUT2D eigenvalue weighted by Gasteiger charge is -2.23. The summed E-state index contributed by atoms with van der Waals surface area (Å²) in [6.45, 7) is -7.92. The lowest BCUT2D eigenvalue weighted by atomic mass is 9.90. The molecule has 0 aliphatic carbocycles. The van der Waals surface area contributed by atoms with Gasteiger partial charge in [-0.2, -0.15) is 0 Å². The van der Waals surface area contributed by atoms with E-state index in [1.165, 1.54) is 6.08 Å². The van der Waals surface area contributed by atoms with Crippen LogP contribution in [0, 0.1) is 23.6 Å². The molecule has 0 bridgehead atoms. The summed E-state index contributed by atoms with van der Waals surface area (Å²) in [5.74, 6) is -19.0. The molecule has 0 saturated carbocycles. The summed E-state index contributed by atoms with van der Waals surface area (Å²) in [4.78, 5) is 120. The van der Waals surface area contributed by atoms with Gasteiger partial charge in [-0.25, -0.2) is 14.4 Å². The molecule has 11 N–H and O–H groups in total. The summed E-state index contributed by atoms with van der Waals surface area (Å²) in [5.41, 5.74) is 15.1. The molecule has 0 unspecified atom stereocenters. The van der Waals surface area contributed by atoms with E-state index in [0.29, 0.717) is 11.5 Å². The van der Waals surface area contributed by atoms with Gasteiger partial charge in [0.2, 0.25) is 5.91 Å². The number of nitrogens with zero attached hydrogens (tertiary/aromatic N) is 1. The first-order valence-electron chi connectivity index (χ1n) is 25.4. The van der Waals surface area contributed by atoms with Crippen LogP contribution in [0.15, 0.2) is 25.3 Å². The Kier molecular flexibility index (Phi) is 16.5. The molecule has 4 atom stereocenters. The number of amides is 7. The minimum atomic E-state index is -3.81. The number of nitrogens with one attached hydrogen (secondary N) is 3. The van der Waals surface area contributed by atoms with Crippen molar-refractivity contribution >= 4 is 59.3 Å². The highest BCUT2D eigenvalue weighted by molar-refractivity contribution is 6.01. The molecule has 0 radical (unpaired) electrons. The van der Waals surface area contributed by atoms with Gasteiger partial charge >= 0.3 is 30.0 Å². The van der Waals surface area contributed by atoms with E-state index in [0.717, 1.165) is 0 Å². The molecular formula is C38H63N7O13. The van der Waals surface area contributed by atoms with Crippen LogP contribution in [0.25, 0.3) is 0 Å².